The van der Waals surface area contributed by atoms with Gasteiger partial charge < -0.3 is 0 Å². The molecule has 4 aromatic rings. The number of aromatic nitrogens is 4. The first-order valence-corrected chi connectivity index (χ1v) is 11.0. The normalized spacial score (nSPS) is 11.0. The zero-order valence-corrected chi connectivity index (χ0v) is 16.2. The van der Waals surface area contributed by atoms with E-state index in [4.69, 9.17) is 4.86 Å². The van der Waals surface area contributed by atoms with Crippen molar-refractivity contribution in [2.24, 2.45) is 0 Å². The van der Waals surface area contributed by atoms with Crippen LogP contribution in [0, 0.1) is 0 Å². The molecular formula is C20H16N5P2. The molecule has 0 aliphatic rings. The van der Waals surface area contributed by atoms with Crippen molar-refractivity contribution >= 4 is 37.9 Å². The molecule has 4 heterocycles. The summed E-state index contributed by atoms with van der Waals surface area (Å²) >= 11 is 0. The minimum absolute atomic E-state index is 0.922. The third-order valence-electron chi connectivity index (χ3n) is 3.64. The Kier molecular flexibility index (Phi) is 5.86. The van der Waals surface area contributed by atoms with E-state index < -0.39 is 16.1 Å². The van der Waals surface area contributed by atoms with E-state index in [1.165, 1.54) is 0 Å². The highest BCUT2D eigenvalue weighted by atomic mass is 31.2. The van der Waals surface area contributed by atoms with E-state index in [2.05, 4.69) is 19.9 Å². The van der Waals surface area contributed by atoms with E-state index in [1.54, 1.807) is 24.8 Å². The average Bonchev–Trinajstić information content (AvgIpc) is 2.77. The molecule has 1 radical (unpaired) electrons. The fourth-order valence-corrected chi connectivity index (χ4v) is 6.69. The quantitative estimate of drug-likeness (QED) is 0.476. The maximum Gasteiger partial charge on any atom is 0.0881 e. The van der Waals surface area contributed by atoms with E-state index >= 15 is 0 Å². The SMILES string of the molecule is c1ccc(P([N]P(c2ccccn2)c2ccccn2)c2ccccn2)nc1. The lowest BCUT2D eigenvalue weighted by Gasteiger charge is -2.22. The number of hydrogen-bond donors (Lipinski definition) is 0. The van der Waals surface area contributed by atoms with Crippen molar-refractivity contribution in [3.05, 3.63) is 97.6 Å². The zero-order chi connectivity index (χ0) is 18.3. The third kappa shape index (κ3) is 4.40. The maximum atomic E-state index is 5.24. The molecule has 0 saturated heterocycles. The molecule has 0 fully saturated rings. The molecular weight excluding hydrogens is 372 g/mol. The van der Waals surface area contributed by atoms with Gasteiger partial charge in [0.2, 0.25) is 0 Å². The summed E-state index contributed by atoms with van der Waals surface area (Å²) in [4.78, 5) is 23.5. The Labute approximate surface area is 160 Å². The molecule has 0 aliphatic carbocycles. The lowest BCUT2D eigenvalue weighted by molar-refractivity contribution is 1.34. The molecule has 7 heteroatoms. The Hall–Kier alpha value is -2.58. The van der Waals surface area contributed by atoms with Crippen LogP contribution >= 0.6 is 16.1 Å². The second-order valence-electron chi connectivity index (χ2n) is 5.46. The third-order valence-corrected chi connectivity index (χ3v) is 7.87. The molecule has 0 bridgehead atoms. The van der Waals surface area contributed by atoms with Crippen molar-refractivity contribution in [3.8, 4) is 0 Å². The Morgan fingerprint density at radius 2 is 0.741 bits per heavy atom. The van der Waals surface area contributed by atoms with E-state index in [0.717, 1.165) is 21.7 Å². The summed E-state index contributed by atoms with van der Waals surface area (Å²) in [6.07, 6.45) is 7.19. The molecule has 5 nitrogen and oxygen atoms in total. The second kappa shape index (κ2) is 8.88. The van der Waals surface area contributed by atoms with Gasteiger partial charge >= 0.3 is 0 Å². The van der Waals surface area contributed by atoms with Gasteiger partial charge in [0.1, 0.15) is 0 Å². The fraction of sp³-hybridized carbons (Fsp3) is 0. The van der Waals surface area contributed by atoms with Crippen molar-refractivity contribution in [1.29, 1.82) is 0 Å². The lowest BCUT2D eigenvalue weighted by Crippen LogP contribution is -2.27. The van der Waals surface area contributed by atoms with Crippen LogP contribution in [0.1, 0.15) is 0 Å². The summed E-state index contributed by atoms with van der Waals surface area (Å²) in [6, 6.07) is 23.6. The van der Waals surface area contributed by atoms with Gasteiger partial charge in [-0.05, 0) is 48.5 Å². The predicted molar refractivity (Wildman–Crippen MR) is 111 cm³/mol. The summed E-state index contributed by atoms with van der Waals surface area (Å²) in [5.41, 5.74) is 3.69. The van der Waals surface area contributed by atoms with Crippen LogP contribution in [-0.4, -0.2) is 19.9 Å². The number of nitrogens with zero attached hydrogens (tertiary/aromatic N) is 5. The summed E-state index contributed by atoms with van der Waals surface area (Å²) in [5, 5.41) is 0. The number of rotatable bonds is 6. The van der Waals surface area contributed by atoms with Gasteiger partial charge in [0.05, 0.1) is 37.9 Å². The van der Waals surface area contributed by atoms with E-state index in [1.807, 2.05) is 72.8 Å². The van der Waals surface area contributed by atoms with Crippen LogP contribution in [0.3, 0.4) is 0 Å². The van der Waals surface area contributed by atoms with Crippen molar-refractivity contribution in [2.45, 2.75) is 0 Å². The molecule has 0 N–H and O–H groups in total. The monoisotopic (exact) mass is 388 g/mol. The smallest absolute Gasteiger partial charge is 0.0881 e. The second-order valence-corrected chi connectivity index (χ2v) is 9.26. The Bertz CT molecular complexity index is 797. The standard InChI is InChI=1S/C20H16N5P2/c1-5-13-21-17(9-1)26(18-10-2-6-14-22-18)25-27(19-11-3-7-15-23-19)20-12-4-8-16-24-20/h1-16H. The van der Waals surface area contributed by atoms with Crippen molar-refractivity contribution < 1.29 is 0 Å². The molecule has 0 amide bonds. The zero-order valence-electron chi connectivity index (χ0n) is 14.4. The number of hydrogen-bond acceptors (Lipinski definition) is 4. The van der Waals surface area contributed by atoms with Crippen LogP contribution in [0.15, 0.2) is 97.6 Å². The first-order chi connectivity index (χ1) is 13.4. The highest BCUT2D eigenvalue weighted by molar-refractivity contribution is 7.84. The van der Waals surface area contributed by atoms with Gasteiger partial charge in [-0.25, -0.2) is 0 Å². The van der Waals surface area contributed by atoms with Crippen molar-refractivity contribution in [2.75, 3.05) is 0 Å². The summed E-state index contributed by atoms with van der Waals surface area (Å²) in [7, 11) is -2.17. The maximum absolute atomic E-state index is 5.24. The molecule has 0 aliphatic heterocycles. The summed E-state index contributed by atoms with van der Waals surface area (Å²) in [6.45, 7) is 0. The molecule has 4 rings (SSSR count). The van der Waals surface area contributed by atoms with Gasteiger partial charge in [0.25, 0.3) is 0 Å². The average molecular weight is 388 g/mol. The minimum Gasteiger partial charge on any atom is -0.255 e. The van der Waals surface area contributed by atoms with Gasteiger partial charge in [-0.3, -0.25) is 19.9 Å². The van der Waals surface area contributed by atoms with Gasteiger partial charge in [-0.15, -0.1) is 0 Å². The van der Waals surface area contributed by atoms with Gasteiger partial charge in [-0.2, -0.15) is 4.86 Å². The summed E-state index contributed by atoms with van der Waals surface area (Å²) < 4.78 is 0. The molecule has 0 unspecified atom stereocenters. The molecule has 0 aromatic carbocycles. The Balaban J connectivity index is 1.77. The fourth-order valence-electron chi connectivity index (χ4n) is 2.42. The Morgan fingerprint density at radius 3 is 0.963 bits per heavy atom. The molecule has 0 saturated carbocycles. The molecule has 27 heavy (non-hydrogen) atoms. The Morgan fingerprint density at radius 1 is 0.444 bits per heavy atom. The molecule has 4 aromatic heterocycles. The lowest BCUT2D eigenvalue weighted by atomic mass is 10.5. The highest BCUT2D eigenvalue weighted by Gasteiger charge is 2.26. The molecule has 131 valence electrons. The van der Waals surface area contributed by atoms with Crippen LogP contribution in [0.4, 0.5) is 0 Å². The molecule has 0 atom stereocenters. The summed E-state index contributed by atoms with van der Waals surface area (Å²) in [5.74, 6) is 0. The van der Waals surface area contributed by atoms with Gasteiger partial charge in [0, 0.05) is 24.8 Å². The van der Waals surface area contributed by atoms with E-state index in [9.17, 15) is 0 Å². The molecule has 0 spiro atoms. The predicted octanol–water partition coefficient (Wildman–Crippen LogP) is 2.27. The topological polar surface area (TPSA) is 65.7 Å². The first-order valence-electron chi connectivity index (χ1n) is 8.38. The van der Waals surface area contributed by atoms with Gasteiger partial charge in [0.15, 0.2) is 0 Å². The highest BCUT2D eigenvalue weighted by Crippen LogP contribution is 2.43. The minimum atomic E-state index is -1.09. The van der Waals surface area contributed by atoms with Crippen molar-refractivity contribution in [3.63, 3.8) is 0 Å². The van der Waals surface area contributed by atoms with Gasteiger partial charge in [-0.1, -0.05) is 24.3 Å². The van der Waals surface area contributed by atoms with Crippen molar-refractivity contribution in [1.82, 2.24) is 24.8 Å². The van der Waals surface area contributed by atoms with Crippen LogP contribution in [0.25, 0.3) is 0 Å². The van der Waals surface area contributed by atoms with Crippen LogP contribution in [0.5, 0.6) is 0 Å². The van der Waals surface area contributed by atoms with E-state index in [0.29, 0.717) is 0 Å². The van der Waals surface area contributed by atoms with Crippen LogP contribution < -0.4 is 26.6 Å². The van der Waals surface area contributed by atoms with Crippen LogP contribution in [-0.2, 0) is 0 Å². The number of pyridine rings is 4. The van der Waals surface area contributed by atoms with E-state index in [-0.39, 0.29) is 0 Å². The van der Waals surface area contributed by atoms with Crippen LogP contribution in [0.2, 0.25) is 0 Å². The first kappa shape index (κ1) is 17.8. The largest absolute Gasteiger partial charge is 0.255 e.